The highest BCUT2D eigenvalue weighted by atomic mass is 35.5. The Balaban J connectivity index is 2.50. The Labute approximate surface area is 118 Å². The number of carbonyl (C=O) groups is 1. The van der Waals surface area contributed by atoms with Crippen LogP contribution in [0.2, 0.25) is 5.15 Å². The van der Waals surface area contributed by atoms with Crippen molar-refractivity contribution in [2.45, 2.75) is 33.2 Å². The third-order valence-electron chi connectivity index (χ3n) is 3.63. The molecule has 1 amide bonds. The third kappa shape index (κ3) is 2.27. The van der Waals surface area contributed by atoms with E-state index in [0.29, 0.717) is 17.5 Å². The van der Waals surface area contributed by atoms with Gasteiger partial charge >= 0.3 is 0 Å². The molecule has 1 aromatic heterocycles. The number of likely N-dealkylation sites (N-methyl/N-ethyl adjacent to an activating group) is 1. The summed E-state index contributed by atoms with van der Waals surface area (Å²) in [5.74, 6) is 1.46. The van der Waals surface area contributed by atoms with Gasteiger partial charge in [0.15, 0.2) is 0 Å². The number of hydrogen-bond donors (Lipinski definition) is 0. The van der Waals surface area contributed by atoms with E-state index in [-0.39, 0.29) is 5.91 Å². The number of piperazine rings is 1. The van der Waals surface area contributed by atoms with Crippen molar-refractivity contribution in [3.05, 3.63) is 16.5 Å². The molecule has 0 radical (unpaired) electrons. The minimum atomic E-state index is -0.623. The SMILES string of the molecule is Cc1nc(Cl)c(C)c(N2CCN(C)C(=O)C2(C)C)n1. The van der Waals surface area contributed by atoms with Crippen LogP contribution in [0.1, 0.15) is 25.2 Å². The van der Waals surface area contributed by atoms with E-state index in [1.54, 1.807) is 11.8 Å². The second-order valence-corrected chi connectivity index (χ2v) is 5.81. The Bertz CT molecular complexity index is 530. The summed E-state index contributed by atoms with van der Waals surface area (Å²) in [6, 6.07) is 0. The van der Waals surface area contributed by atoms with Gasteiger partial charge in [-0.05, 0) is 27.7 Å². The van der Waals surface area contributed by atoms with Gasteiger partial charge in [-0.2, -0.15) is 0 Å². The van der Waals surface area contributed by atoms with Crippen molar-refractivity contribution in [3.8, 4) is 0 Å². The van der Waals surface area contributed by atoms with Crippen LogP contribution >= 0.6 is 11.6 Å². The van der Waals surface area contributed by atoms with Crippen molar-refractivity contribution in [2.24, 2.45) is 0 Å². The fourth-order valence-corrected chi connectivity index (χ4v) is 2.63. The van der Waals surface area contributed by atoms with Crippen LogP contribution in [0.15, 0.2) is 0 Å². The lowest BCUT2D eigenvalue weighted by Crippen LogP contribution is -2.62. The molecule has 0 aromatic carbocycles. The van der Waals surface area contributed by atoms with Crippen LogP contribution in [-0.4, -0.2) is 46.5 Å². The molecule has 1 fully saturated rings. The molecular formula is C13H19ClN4O. The largest absolute Gasteiger partial charge is 0.342 e. The fourth-order valence-electron chi connectivity index (χ4n) is 2.43. The maximum absolute atomic E-state index is 12.3. The first-order chi connectivity index (χ1) is 8.75. The second kappa shape index (κ2) is 4.63. The van der Waals surface area contributed by atoms with Gasteiger partial charge < -0.3 is 9.80 Å². The minimum Gasteiger partial charge on any atom is -0.342 e. The van der Waals surface area contributed by atoms with Gasteiger partial charge in [-0.1, -0.05) is 11.6 Å². The van der Waals surface area contributed by atoms with Crippen LogP contribution in [0.4, 0.5) is 5.82 Å². The standard InChI is InChI=1S/C13H19ClN4O/c1-8-10(14)15-9(2)16-11(8)18-7-6-17(5)12(19)13(18,3)4/h6-7H2,1-5H3. The molecule has 1 aliphatic heterocycles. The van der Waals surface area contributed by atoms with Gasteiger partial charge in [-0.25, -0.2) is 9.97 Å². The van der Waals surface area contributed by atoms with Crippen LogP contribution in [0, 0.1) is 13.8 Å². The maximum atomic E-state index is 12.3. The maximum Gasteiger partial charge on any atom is 0.247 e. The number of rotatable bonds is 1. The number of carbonyl (C=O) groups excluding carboxylic acids is 1. The summed E-state index contributed by atoms with van der Waals surface area (Å²) >= 11 is 6.12. The Morgan fingerprint density at radius 2 is 1.84 bits per heavy atom. The average molecular weight is 283 g/mol. The molecule has 0 aliphatic carbocycles. The molecule has 6 heteroatoms. The first-order valence-electron chi connectivity index (χ1n) is 6.29. The topological polar surface area (TPSA) is 49.3 Å². The van der Waals surface area contributed by atoms with Crippen LogP contribution < -0.4 is 4.90 Å². The van der Waals surface area contributed by atoms with Crippen molar-refractivity contribution in [2.75, 3.05) is 25.0 Å². The molecule has 2 rings (SSSR count). The lowest BCUT2D eigenvalue weighted by molar-refractivity contribution is -0.136. The van der Waals surface area contributed by atoms with E-state index in [9.17, 15) is 4.79 Å². The zero-order chi connectivity index (χ0) is 14.4. The Morgan fingerprint density at radius 3 is 2.47 bits per heavy atom. The summed E-state index contributed by atoms with van der Waals surface area (Å²) in [5.41, 5.74) is 0.194. The predicted octanol–water partition coefficient (Wildman–Crippen LogP) is 1.80. The molecule has 1 saturated heterocycles. The molecule has 0 N–H and O–H groups in total. The van der Waals surface area contributed by atoms with Crippen LogP contribution in [-0.2, 0) is 4.79 Å². The van der Waals surface area contributed by atoms with E-state index < -0.39 is 5.54 Å². The Hall–Kier alpha value is -1.36. The Kier molecular flexibility index (Phi) is 3.43. The molecule has 19 heavy (non-hydrogen) atoms. The first kappa shape index (κ1) is 14.1. The van der Waals surface area contributed by atoms with Gasteiger partial charge in [0.1, 0.15) is 22.3 Å². The summed E-state index contributed by atoms with van der Waals surface area (Å²) in [6.45, 7) is 8.94. The van der Waals surface area contributed by atoms with Gasteiger partial charge in [-0.3, -0.25) is 4.79 Å². The minimum absolute atomic E-state index is 0.0885. The van der Waals surface area contributed by atoms with E-state index in [4.69, 9.17) is 11.6 Å². The lowest BCUT2D eigenvalue weighted by Gasteiger charge is -2.45. The quantitative estimate of drug-likeness (QED) is 0.737. The summed E-state index contributed by atoms with van der Waals surface area (Å²) in [6.07, 6.45) is 0. The monoisotopic (exact) mass is 282 g/mol. The average Bonchev–Trinajstić information content (AvgIpc) is 2.32. The van der Waals surface area contributed by atoms with Crippen molar-refractivity contribution in [3.63, 3.8) is 0 Å². The van der Waals surface area contributed by atoms with E-state index >= 15 is 0 Å². The highest BCUT2D eigenvalue weighted by Gasteiger charge is 2.41. The normalized spacial score (nSPS) is 18.9. The van der Waals surface area contributed by atoms with E-state index in [2.05, 4.69) is 9.97 Å². The second-order valence-electron chi connectivity index (χ2n) is 5.45. The van der Waals surface area contributed by atoms with Crippen molar-refractivity contribution >= 4 is 23.3 Å². The molecule has 104 valence electrons. The number of amides is 1. The van der Waals surface area contributed by atoms with Gasteiger partial charge in [0.05, 0.1) is 0 Å². The predicted molar refractivity (Wildman–Crippen MR) is 75.6 cm³/mol. The highest BCUT2D eigenvalue weighted by Crippen LogP contribution is 2.31. The number of hydrogen-bond acceptors (Lipinski definition) is 4. The fraction of sp³-hybridized carbons (Fsp3) is 0.615. The molecular weight excluding hydrogens is 264 g/mol. The molecule has 0 atom stereocenters. The molecule has 1 aliphatic rings. The zero-order valence-electron chi connectivity index (χ0n) is 12.0. The molecule has 5 nitrogen and oxygen atoms in total. The zero-order valence-corrected chi connectivity index (χ0v) is 12.7. The van der Waals surface area contributed by atoms with E-state index in [1.807, 2.05) is 32.7 Å². The van der Waals surface area contributed by atoms with Crippen LogP contribution in [0.3, 0.4) is 0 Å². The van der Waals surface area contributed by atoms with E-state index in [0.717, 1.165) is 17.9 Å². The number of aryl methyl sites for hydroxylation is 1. The van der Waals surface area contributed by atoms with Crippen LogP contribution in [0.25, 0.3) is 0 Å². The molecule has 2 heterocycles. The molecule has 0 bridgehead atoms. The first-order valence-corrected chi connectivity index (χ1v) is 6.67. The number of anilines is 1. The smallest absolute Gasteiger partial charge is 0.247 e. The summed E-state index contributed by atoms with van der Waals surface area (Å²) < 4.78 is 0. The number of halogens is 1. The molecule has 0 saturated carbocycles. The van der Waals surface area contributed by atoms with Gasteiger partial charge in [-0.15, -0.1) is 0 Å². The Morgan fingerprint density at radius 1 is 1.21 bits per heavy atom. The molecule has 1 aromatic rings. The van der Waals surface area contributed by atoms with Crippen molar-refractivity contribution in [1.82, 2.24) is 14.9 Å². The molecule has 0 spiro atoms. The summed E-state index contributed by atoms with van der Waals surface area (Å²) in [4.78, 5) is 24.7. The van der Waals surface area contributed by atoms with Crippen molar-refractivity contribution < 1.29 is 4.79 Å². The summed E-state index contributed by atoms with van der Waals surface area (Å²) in [5, 5.41) is 0.449. The summed E-state index contributed by atoms with van der Waals surface area (Å²) in [7, 11) is 1.83. The van der Waals surface area contributed by atoms with E-state index in [1.165, 1.54) is 0 Å². The molecule has 0 unspecified atom stereocenters. The van der Waals surface area contributed by atoms with Gasteiger partial charge in [0, 0.05) is 25.7 Å². The lowest BCUT2D eigenvalue weighted by atomic mass is 9.97. The number of nitrogens with zero attached hydrogens (tertiary/aromatic N) is 4. The van der Waals surface area contributed by atoms with Crippen molar-refractivity contribution in [1.29, 1.82) is 0 Å². The third-order valence-corrected chi connectivity index (χ3v) is 4.00. The number of aromatic nitrogens is 2. The highest BCUT2D eigenvalue weighted by molar-refractivity contribution is 6.30. The van der Waals surface area contributed by atoms with Crippen LogP contribution in [0.5, 0.6) is 0 Å². The van der Waals surface area contributed by atoms with Gasteiger partial charge in [0.2, 0.25) is 5.91 Å². The van der Waals surface area contributed by atoms with Gasteiger partial charge in [0.25, 0.3) is 0 Å².